The minimum Gasteiger partial charge on any atom is -0.346 e. The quantitative estimate of drug-likeness (QED) is 0.921. The van der Waals surface area contributed by atoms with Crippen LogP contribution < -0.4 is 0 Å². The first-order chi connectivity index (χ1) is 10.9. The maximum absolute atomic E-state index is 13.1. The topological polar surface area (TPSA) is 49.0 Å². The molecular weight excluding hydrogens is 307 g/mol. The minimum absolute atomic E-state index is 0.0331. The van der Waals surface area contributed by atoms with Crippen molar-refractivity contribution in [2.45, 2.75) is 25.4 Å². The highest BCUT2D eigenvalue weighted by Gasteiger charge is 2.37. The van der Waals surface area contributed by atoms with E-state index in [0.717, 1.165) is 17.6 Å². The van der Waals surface area contributed by atoms with Crippen LogP contribution in [0.1, 0.15) is 39.8 Å². The number of aromatic nitrogens is 2. The summed E-state index contributed by atoms with van der Waals surface area (Å²) in [6, 6.07) is 4.91. The van der Waals surface area contributed by atoms with Gasteiger partial charge in [0.2, 0.25) is 0 Å². The third-order valence-electron chi connectivity index (χ3n) is 4.05. The van der Waals surface area contributed by atoms with E-state index in [1.54, 1.807) is 6.20 Å². The first kappa shape index (κ1) is 15.6. The van der Waals surface area contributed by atoms with Gasteiger partial charge in [-0.1, -0.05) is 12.1 Å². The molecule has 1 amide bonds. The number of halogens is 3. The molecule has 7 heteroatoms. The third-order valence-corrected chi connectivity index (χ3v) is 4.05. The van der Waals surface area contributed by atoms with E-state index < -0.39 is 17.6 Å². The molecule has 2 aromatic rings. The Morgan fingerprint density at radius 1 is 1.35 bits per heavy atom. The Balaban J connectivity index is 1.80. The molecular formula is C16H16F3N3O. The normalized spacial score (nSPS) is 18.4. The number of H-pyrrole nitrogens is 1. The Morgan fingerprint density at radius 2 is 2.09 bits per heavy atom. The van der Waals surface area contributed by atoms with Gasteiger partial charge in [-0.05, 0) is 25.5 Å². The van der Waals surface area contributed by atoms with Gasteiger partial charge in [-0.15, -0.1) is 0 Å². The molecule has 0 spiro atoms. The van der Waals surface area contributed by atoms with E-state index >= 15 is 0 Å². The lowest BCUT2D eigenvalue weighted by Gasteiger charge is -2.19. The Kier molecular flexibility index (Phi) is 3.87. The summed E-state index contributed by atoms with van der Waals surface area (Å²) in [5, 5.41) is 0. The van der Waals surface area contributed by atoms with E-state index in [9.17, 15) is 18.0 Å². The van der Waals surface area contributed by atoms with Crippen molar-refractivity contribution < 1.29 is 18.0 Å². The predicted molar refractivity (Wildman–Crippen MR) is 78.0 cm³/mol. The number of likely N-dealkylation sites (tertiary alicyclic amines) is 1. The summed E-state index contributed by atoms with van der Waals surface area (Å²) < 4.78 is 39.2. The molecule has 0 aliphatic carbocycles. The lowest BCUT2D eigenvalue weighted by atomic mass is 10.1. The van der Waals surface area contributed by atoms with Gasteiger partial charge in [0.15, 0.2) is 0 Å². The molecule has 1 atom stereocenters. The zero-order chi connectivity index (χ0) is 16.6. The summed E-state index contributed by atoms with van der Waals surface area (Å²) in [7, 11) is 0. The molecule has 0 radical (unpaired) electrons. The molecule has 23 heavy (non-hydrogen) atoms. The number of hydrogen-bond donors (Lipinski definition) is 1. The van der Waals surface area contributed by atoms with Crippen molar-refractivity contribution in [3.63, 3.8) is 0 Å². The average molecular weight is 323 g/mol. The summed E-state index contributed by atoms with van der Waals surface area (Å²) in [5.41, 5.74) is -0.259. The Hall–Kier alpha value is -2.31. The molecule has 1 saturated heterocycles. The van der Waals surface area contributed by atoms with E-state index in [2.05, 4.69) is 9.97 Å². The maximum Gasteiger partial charge on any atom is 0.417 e. The molecule has 2 heterocycles. The van der Waals surface area contributed by atoms with Crippen molar-refractivity contribution in [3.8, 4) is 0 Å². The van der Waals surface area contributed by atoms with Gasteiger partial charge in [0, 0.05) is 30.9 Å². The number of amides is 1. The molecule has 122 valence electrons. The fraction of sp³-hybridized carbons (Fsp3) is 0.375. The van der Waals surface area contributed by atoms with Gasteiger partial charge in [-0.25, -0.2) is 4.98 Å². The van der Waals surface area contributed by atoms with Crippen LogP contribution in [0.25, 0.3) is 0 Å². The van der Waals surface area contributed by atoms with E-state index in [-0.39, 0.29) is 11.5 Å². The second kappa shape index (κ2) is 5.72. The van der Waals surface area contributed by atoms with Crippen molar-refractivity contribution in [1.82, 2.24) is 14.9 Å². The standard InChI is InChI=1S/C16H16F3N3O/c1-10-8-20-14(21-10)11-6-7-22(9-11)15(23)12-4-2-3-5-13(12)16(17,18)19/h2-5,8,11H,6-7,9H2,1H3,(H,20,21)/t11-/m1/s1. The van der Waals surface area contributed by atoms with Crippen LogP contribution in [-0.4, -0.2) is 33.9 Å². The Bertz CT molecular complexity index is 723. The van der Waals surface area contributed by atoms with Crippen molar-refractivity contribution in [3.05, 3.63) is 53.1 Å². The first-order valence-electron chi connectivity index (χ1n) is 7.33. The highest BCUT2D eigenvalue weighted by molar-refractivity contribution is 5.96. The van der Waals surface area contributed by atoms with Gasteiger partial charge in [0.05, 0.1) is 11.1 Å². The fourth-order valence-corrected chi connectivity index (χ4v) is 2.90. The predicted octanol–water partition coefficient (Wildman–Crippen LogP) is 3.37. The molecule has 3 rings (SSSR count). The molecule has 1 aliphatic rings. The number of nitrogens with zero attached hydrogens (tertiary/aromatic N) is 2. The van der Waals surface area contributed by atoms with E-state index in [4.69, 9.17) is 0 Å². The van der Waals surface area contributed by atoms with Gasteiger partial charge in [-0.2, -0.15) is 13.2 Å². The van der Waals surface area contributed by atoms with Crippen LogP contribution in [0.15, 0.2) is 30.5 Å². The Morgan fingerprint density at radius 3 is 2.74 bits per heavy atom. The summed E-state index contributed by atoms with van der Waals surface area (Å²) in [5.74, 6) is 0.233. The number of hydrogen-bond acceptors (Lipinski definition) is 2. The number of nitrogens with one attached hydrogen (secondary N) is 1. The van der Waals surface area contributed by atoms with Crippen LogP contribution in [0.5, 0.6) is 0 Å². The maximum atomic E-state index is 13.1. The molecule has 1 N–H and O–H groups in total. The molecule has 1 aromatic carbocycles. The number of benzene rings is 1. The summed E-state index contributed by atoms with van der Waals surface area (Å²) >= 11 is 0. The highest BCUT2D eigenvalue weighted by Crippen LogP contribution is 2.33. The lowest BCUT2D eigenvalue weighted by molar-refractivity contribution is -0.138. The minimum atomic E-state index is -4.54. The van der Waals surface area contributed by atoms with Crippen molar-refractivity contribution in [2.75, 3.05) is 13.1 Å². The lowest BCUT2D eigenvalue weighted by Crippen LogP contribution is -2.30. The van der Waals surface area contributed by atoms with Gasteiger partial charge in [-0.3, -0.25) is 4.79 Å². The number of rotatable bonds is 2. The van der Waals surface area contributed by atoms with E-state index in [1.807, 2.05) is 6.92 Å². The number of aromatic amines is 1. The zero-order valence-corrected chi connectivity index (χ0v) is 12.5. The largest absolute Gasteiger partial charge is 0.417 e. The molecule has 1 fully saturated rings. The number of alkyl halides is 3. The second-order valence-electron chi connectivity index (χ2n) is 5.73. The molecule has 0 unspecified atom stereocenters. The van der Waals surface area contributed by atoms with Crippen molar-refractivity contribution in [1.29, 1.82) is 0 Å². The van der Waals surface area contributed by atoms with Crippen LogP contribution in [0, 0.1) is 6.92 Å². The van der Waals surface area contributed by atoms with Crippen molar-refractivity contribution >= 4 is 5.91 Å². The Labute approximate surface area is 131 Å². The van der Waals surface area contributed by atoms with Crippen LogP contribution >= 0.6 is 0 Å². The molecule has 0 bridgehead atoms. The molecule has 4 nitrogen and oxygen atoms in total. The van der Waals surface area contributed by atoms with E-state index in [0.29, 0.717) is 19.5 Å². The van der Waals surface area contributed by atoms with Crippen molar-refractivity contribution in [2.24, 2.45) is 0 Å². The van der Waals surface area contributed by atoms with Crippen LogP contribution in [0.2, 0.25) is 0 Å². The number of carbonyl (C=O) groups is 1. The van der Waals surface area contributed by atoms with Gasteiger partial charge in [0.25, 0.3) is 5.91 Å². The smallest absolute Gasteiger partial charge is 0.346 e. The molecule has 0 saturated carbocycles. The number of carbonyl (C=O) groups excluding carboxylic acids is 1. The molecule has 1 aliphatic heterocycles. The van der Waals surface area contributed by atoms with Crippen LogP contribution in [-0.2, 0) is 6.18 Å². The van der Waals surface area contributed by atoms with E-state index in [1.165, 1.54) is 23.1 Å². The van der Waals surface area contributed by atoms with Gasteiger partial charge < -0.3 is 9.88 Å². The van der Waals surface area contributed by atoms with Crippen LogP contribution in [0.3, 0.4) is 0 Å². The summed E-state index contributed by atoms with van der Waals surface area (Å²) in [6.45, 7) is 2.68. The fourth-order valence-electron chi connectivity index (χ4n) is 2.90. The average Bonchev–Trinajstić information content (AvgIpc) is 3.14. The second-order valence-corrected chi connectivity index (χ2v) is 5.73. The highest BCUT2D eigenvalue weighted by atomic mass is 19.4. The first-order valence-corrected chi connectivity index (χ1v) is 7.33. The molecule has 1 aromatic heterocycles. The monoisotopic (exact) mass is 323 g/mol. The summed E-state index contributed by atoms with van der Waals surface area (Å²) in [4.78, 5) is 21.3. The summed E-state index contributed by atoms with van der Waals surface area (Å²) in [6.07, 6.45) is -2.14. The number of aryl methyl sites for hydroxylation is 1. The van der Waals surface area contributed by atoms with Gasteiger partial charge in [0.1, 0.15) is 5.82 Å². The van der Waals surface area contributed by atoms with Crippen LogP contribution in [0.4, 0.5) is 13.2 Å². The SMILES string of the molecule is Cc1cnc([C@@H]2CCN(C(=O)c3ccccc3C(F)(F)F)C2)[nH]1. The third kappa shape index (κ3) is 3.09. The number of imidazole rings is 1. The van der Waals surface area contributed by atoms with Gasteiger partial charge >= 0.3 is 6.18 Å². The zero-order valence-electron chi connectivity index (χ0n) is 12.5.